The molecule has 1 heterocycles. The third kappa shape index (κ3) is 8.19. The molecular formula is C24H30N2O4. The minimum Gasteiger partial charge on any atom is -0.507 e. The SMILES string of the molecule is O=C(NC(=O)N1CCCCC1)c1ccc(C#CCCCCCCC#CCO)c(O)c1. The number of phenols is 1. The molecule has 1 aliphatic heterocycles. The minimum atomic E-state index is -0.524. The molecule has 0 saturated carbocycles. The van der Waals surface area contributed by atoms with Gasteiger partial charge in [-0.15, -0.1) is 5.92 Å². The van der Waals surface area contributed by atoms with E-state index in [2.05, 4.69) is 29.0 Å². The van der Waals surface area contributed by atoms with Gasteiger partial charge in [0.25, 0.3) is 5.91 Å². The molecule has 2 rings (SSSR count). The summed E-state index contributed by atoms with van der Waals surface area (Å²) in [6, 6.07) is 4.12. The number of phenolic OH excluding ortho intramolecular Hbond substituents is 1. The Labute approximate surface area is 178 Å². The van der Waals surface area contributed by atoms with Crippen LogP contribution in [0.1, 0.15) is 73.7 Å². The van der Waals surface area contributed by atoms with Crippen LogP contribution in [0.25, 0.3) is 0 Å². The summed E-state index contributed by atoms with van der Waals surface area (Å²) in [5.74, 6) is 10.9. The molecule has 0 aliphatic carbocycles. The predicted octanol–water partition coefficient (Wildman–Crippen LogP) is 3.42. The Morgan fingerprint density at radius 3 is 2.33 bits per heavy atom. The topological polar surface area (TPSA) is 89.9 Å². The highest BCUT2D eigenvalue weighted by atomic mass is 16.3. The van der Waals surface area contributed by atoms with Crippen molar-refractivity contribution in [2.45, 2.75) is 57.8 Å². The van der Waals surface area contributed by atoms with E-state index < -0.39 is 5.91 Å². The second-order valence-electron chi connectivity index (χ2n) is 7.27. The quantitative estimate of drug-likeness (QED) is 0.495. The van der Waals surface area contributed by atoms with Crippen LogP contribution in [0.5, 0.6) is 5.75 Å². The van der Waals surface area contributed by atoms with E-state index in [1.165, 1.54) is 6.07 Å². The number of unbranched alkanes of at least 4 members (excludes halogenated alkanes) is 5. The van der Waals surface area contributed by atoms with Crippen molar-refractivity contribution in [2.24, 2.45) is 0 Å². The van der Waals surface area contributed by atoms with Gasteiger partial charge in [-0.25, -0.2) is 4.79 Å². The first-order chi connectivity index (χ1) is 14.6. The Morgan fingerprint density at radius 1 is 0.967 bits per heavy atom. The normalized spacial score (nSPS) is 12.9. The van der Waals surface area contributed by atoms with Crippen LogP contribution in [-0.4, -0.2) is 46.7 Å². The average Bonchev–Trinajstić information content (AvgIpc) is 2.76. The van der Waals surface area contributed by atoms with Crippen LogP contribution in [0.3, 0.4) is 0 Å². The Kier molecular flexibility index (Phi) is 10.3. The molecular weight excluding hydrogens is 380 g/mol. The van der Waals surface area contributed by atoms with Crippen molar-refractivity contribution in [3.8, 4) is 29.4 Å². The number of benzene rings is 1. The molecule has 1 aromatic carbocycles. The highest BCUT2D eigenvalue weighted by Gasteiger charge is 2.19. The maximum atomic E-state index is 12.3. The van der Waals surface area contributed by atoms with E-state index in [1.807, 2.05) is 0 Å². The molecule has 160 valence electrons. The maximum Gasteiger partial charge on any atom is 0.324 e. The summed E-state index contributed by atoms with van der Waals surface area (Å²) in [7, 11) is 0. The molecule has 1 fully saturated rings. The highest BCUT2D eigenvalue weighted by molar-refractivity contribution is 6.04. The van der Waals surface area contributed by atoms with E-state index in [4.69, 9.17) is 5.11 Å². The van der Waals surface area contributed by atoms with Crippen molar-refractivity contribution < 1.29 is 19.8 Å². The number of aliphatic hydroxyl groups excluding tert-OH is 1. The molecule has 0 atom stereocenters. The van der Waals surface area contributed by atoms with Gasteiger partial charge in [0.2, 0.25) is 0 Å². The summed E-state index contributed by atoms with van der Waals surface area (Å²) in [5.41, 5.74) is 0.695. The number of hydrogen-bond acceptors (Lipinski definition) is 4. The number of carbonyl (C=O) groups is 2. The van der Waals surface area contributed by atoms with Crippen molar-refractivity contribution in [1.29, 1.82) is 0 Å². The maximum absolute atomic E-state index is 12.3. The number of nitrogens with zero attached hydrogens (tertiary/aromatic N) is 1. The van der Waals surface area contributed by atoms with E-state index >= 15 is 0 Å². The molecule has 6 nitrogen and oxygen atoms in total. The fraction of sp³-hybridized carbons (Fsp3) is 0.500. The molecule has 3 N–H and O–H groups in total. The second-order valence-corrected chi connectivity index (χ2v) is 7.27. The lowest BCUT2D eigenvalue weighted by molar-refractivity contribution is 0.0948. The zero-order valence-electron chi connectivity index (χ0n) is 17.4. The first-order valence-electron chi connectivity index (χ1n) is 10.6. The molecule has 0 unspecified atom stereocenters. The highest BCUT2D eigenvalue weighted by Crippen LogP contribution is 2.18. The number of aliphatic hydroxyl groups is 1. The van der Waals surface area contributed by atoms with Crippen LogP contribution in [0, 0.1) is 23.7 Å². The number of nitrogens with one attached hydrogen (secondary N) is 1. The van der Waals surface area contributed by atoms with Crippen molar-refractivity contribution in [3.05, 3.63) is 29.3 Å². The number of imide groups is 1. The van der Waals surface area contributed by atoms with Crippen molar-refractivity contribution in [3.63, 3.8) is 0 Å². The molecule has 3 amide bonds. The third-order valence-corrected chi connectivity index (χ3v) is 4.90. The Bertz CT molecular complexity index is 836. The van der Waals surface area contributed by atoms with Gasteiger partial charge in [-0.3, -0.25) is 10.1 Å². The predicted molar refractivity (Wildman–Crippen MR) is 116 cm³/mol. The van der Waals surface area contributed by atoms with Crippen molar-refractivity contribution in [2.75, 3.05) is 19.7 Å². The molecule has 1 saturated heterocycles. The van der Waals surface area contributed by atoms with Crippen LogP contribution in [0.4, 0.5) is 4.79 Å². The van der Waals surface area contributed by atoms with Crippen LogP contribution in [0.2, 0.25) is 0 Å². The molecule has 0 radical (unpaired) electrons. The third-order valence-electron chi connectivity index (χ3n) is 4.90. The Morgan fingerprint density at radius 2 is 1.67 bits per heavy atom. The first-order valence-corrected chi connectivity index (χ1v) is 10.6. The molecule has 30 heavy (non-hydrogen) atoms. The number of likely N-dealkylation sites (tertiary alicyclic amines) is 1. The lowest BCUT2D eigenvalue weighted by Gasteiger charge is -2.26. The number of urea groups is 1. The van der Waals surface area contributed by atoms with Gasteiger partial charge >= 0.3 is 6.03 Å². The summed E-state index contributed by atoms with van der Waals surface area (Å²) in [4.78, 5) is 26.1. The Hall–Kier alpha value is -2.96. The van der Waals surface area contributed by atoms with E-state index in [9.17, 15) is 14.7 Å². The van der Waals surface area contributed by atoms with Crippen molar-refractivity contribution in [1.82, 2.24) is 10.2 Å². The standard InChI is InChI=1S/C24H30N2O4/c27-18-12-7-5-3-1-2-4-6-9-13-20-14-15-21(19-22(20)28)23(29)25-24(30)26-16-10-8-11-17-26/h14-15,19,27-28H,1-6,8,10-11,16-18H2,(H,25,29,30). The summed E-state index contributed by atoms with van der Waals surface area (Å²) >= 11 is 0. The number of aromatic hydroxyl groups is 1. The summed E-state index contributed by atoms with van der Waals surface area (Å²) in [6.45, 7) is 1.25. The van der Waals surface area contributed by atoms with Gasteiger partial charge in [0.1, 0.15) is 12.4 Å². The Balaban J connectivity index is 1.76. The van der Waals surface area contributed by atoms with Crippen molar-refractivity contribution >= 4 is 11.9 Å². The number of carbonyl (C=O) groups excluding carboxylic acids is 2. The largest absolute Gasteiger partial charge is 0.507 e. The van der Waals surface area contributed by atoms with Gasteiger partial charge in [0, 0.05) is 31.5 Å². The van der Waals surface area contributed by atoms with Crippen LogP contribution in [0.15, 0.2) is 18.2 Å². The fourth-order valence-electron chi connectivity index (χ4n) is 3.21. The number of hydrogen-bond donors (Lipinski definition) is 3. The molecule has 1 aromatic rings. The van der Waals surface area contributed by atoms with Gasteiger partial charge < -0.3 is 15.1 Å². The summed E-state index contributed by atoms with van der Waals surface area (Å²) in [5, 5.41) is 21.1. The number of piperidine rings is 1. The molecule has 6 heteroatoms. The number of rotatable bonds is 6. The van der Waals surface area contributed by atoms with Gasteiger partial charge in [-0.05, 0) is 50.3 Å². The second kappa shape index (κ2) is 13.3. The smallest absolute Gasteiger partial charge is 0.324 e. The number of amides is 3. The van der Waals surface area contributed by atoms with E-state index in [0.29, 0.717) is 18.7 Å². The van der Waals surface area contributed by atoms with Gasteiger partial charge in [0.15, 0.2) is 0 Å². The van der Waals surface area contributed by atoms with Crippen LogP contribution >= 0.6 is 0 Å². The zero-order chi connectivity index (χ0) is 21.6. The zero-order valence-corrected chi connectivity index (χ0v) is 17.4. The van der Waals surface area contributed by atoms with E-state index in [-0.39, 0.29) is 24.0 Å². The lowest BCUT2D eigenvalue weighted by Crippen LogP contribution is -2.45. The summed E-state index contributed by atoms with van der Waals surface area (Å²) in [6.07, 6.45) is 8.68. The molecule has 0 aromatic heterocycles. The van der Waals surface area contributed by atoms with Gasteiger partial charge in [0.05, 0.1) is 5.56 Å². The summed E-state index contributed by atoms with van der Waals surface area (Å²) < 4.78 is 0. The van der Waals surface area contributed by atoms with Gasteiger partial charge in [-0.1, -0.05) is 30.6 Å². The van der Waals surface area contributed by atoms with Crippen LogP contribution < -0.4 is 5.32 Å². The monoisotopic (exact) mass is 410 g/mol. The molecule has 1 aliphatic rings. The first kappa shape index (κ1) is 23.3. The van der Waals surface area contributed by atoms with Crippen LogP contribution in [-0.2, 0) is 0 Å². The fourth-order valence-corrected chi connectivity index (χ4v) is 3.21. The van der Waals surface area contributed by atoms with E-state index in [0.717, 1.165) is 57.8 Å². The minimum absolute atomic E-state index is 0.0666. The van der Waals surface area contributed by atoms with E-state index in [1.54, 1.807) is 17.0 Å². The van der Waals surface area contributed by atoms with Gasteiger partial charge in [-0.2, -0.15) is 0 Å². The lowest BCUT2D eigenvalue weighted by atomic mass is 10.1. The molecule has 0 bridgehead atoms. The average molecular weight is 411 g/mol. The molecule has 0 spiro atoms.